The highest BCUT2D eigenvalue weighted by atomic mass is 32.2. The standard InChI is InChI=1S/C13H17N5S/c14-9-12-13(16-3-2-15-12)18-6-4-17(5-7-18)11-1-8-19-10-11/h2-3,11H,1,4-8,10H2. The second kappa shape index (κ2) is 5.76. The number of rotatable bonds is 2. The SMILES string of the molecule is N#Cc1nccnc1N1CCN(C2CCSC2)CC1. The molecule has 2 aliphatic rings. The zero-order valence-corrected chi connectivity index (χ0v) is 11.6. The van der Waals surface area contributed by atoms with Crippen molar-refractivity contribution in [2.45, 2.75) is 12.5 Å². The van der Waals surface area contributed by atoms with Crippen molar-refractivity contribution < 1.29 is 0 Å². The fourth-order valence-electron chi connectivity index (χ4n) is 2.75. The van der Waals surface area contributed by atoms with Crippen molar-refractivity contribution in [3.8, 4) is 6.07 Å². The monoisotopic (exact) mass is 275 g/mol. The summed E-state index contributed by atoms with van der Waals surface area (Å²) in [6.07, 6.45) is 4.56. The molecule has 2 fully saturated rings. The van der Waals surface area contributed by atoms with Crippen molar-refractivity contribution in [3.63, 3.8) is 0 Å². The van der Waals surface area contributed by atoms with Gasteiger partial charge in [0.15, 0.2) is 11.5 Å². The zero-order valence-electron chi connectivity index (χ0n) is 10.8. The summed E-state index contributed by atoms with van der Waals surface area (Å²) in [5.41, 5.74) is 0.437. The smallest absolute Gasteiger partial charge is 0.183 e. The van der Waals surface area contributed by atoms with Crippen LogP contribution in [0.15, 0.2) is 12.4 Å². The van der Waals surface area contributed by atoms with E-state index in [9.17, 15) is 0 Å². The average molecular weight is 275 g/mol. The number of nitrogens with zero attached hydrogens (tertiary/aromatic N) is 5. The van der Waals surface area contributed by atoms with Crippen LogP contribution < -0.4 is 4.90 Å². The van der Waals surface area contributed by atoms with Crippen LogP contribution >= 0.6 is 11.8 Å². The molecule has 1 atom stereocenters. The summed E-state index contributed by atoms with van der Waals surface area (Å²) < 4.78 is 0. The molecule has 100 valence electrons. The minimum Gasteiger partial charge on any atom is -0.352 e. The maximum Gasteiger partial charge on any atom is 0.183 e. The molecule has 1 aromatic rings. The summed E-state index contributed by atoms with van der Waals surface area (Å²) in [7, 11) is 0. The Balaban J connectivity index is 1.65. The van der Waals surface area contributed by atoms with Gasteiger partial charge in [0, 0.05) is 50.4 Å². The van der Waals surface area contributed by atoms with Crippen LogP contribution in [0.2, 0.25) is 0 Å². The van der Waals surface area contributed by atoms with Crippen LogP contribution in [0, 0.1) is 11.3 Å². The highest BCUT2D eigenvalue weighted by Crippen LogP contribution is 2.24. The van der Waals surface area contributed by atoms with Gasteiger partial charge in [-0.2, -0.15) is 17.0 Å². The Morgan fingerprint density at radius 1 is 1.21 bits per heavy atom. The molecule has 3 heterocycles. The largest absolute Gasteiger partial charge is 0.352 e. The van der Waals surface area contributed by atoms with Crippen molar-refractivity contribution in [1.82, 2.24) is 14.9 Å². The lowest BCUT2D eigenvalue weighted by Gasteiger charge is -2.38. The van der Waals surface area contributed by atoms with Gasteiger partial charge in [-0.15, -0.1) is 0 Å². The third-order valence-corrected chi connectivity index (χ3v) is 4.97. The second-order valence-corrected chi connectivity index (χ2v) is 6.03. The van der Waals surface area contributed by atoms with Crippen molar-refractivity contribution in [2.24, 2.45) is 0 Å². The molecule has 0 radical (unpaired) electrons. The van der Waals surface area contributed by atoms with E-state index in [4.69, 9.17) is 5.26 Å². The number of anilines is 1. The first-order chi connectivity index (χ1) is 9.38. The predicted molar refractivity (Wildman–Crippen MR) is 76.3 cm³/mol. The lowest BCUT2D eigenvalue weighted by Crippen LogP contribution is -2.50. The van der Waals surface area contributed by atoms with Gasteiger partial charge >= 0.3 is 0 Å². The topological polar surface area (TPSA) is 56.1 Å². The van der Waals surface area contributed by atoms with Crippen molar-refractivity contribution in [1.29, 1.82) is 5.26 Å². The summed E-state index contributed by atoms with van der Waals surface area (Å²) in [4.78, 5) is 13.2. The normalized spacial score (nSPS) is 24.4. The quantitative estimate of drug-likeness (QED) is 0.802. The first-order valence-electron chi connectivity index (χ1n) is 6.66. The van der Waals surface area contributed by atoms with Crippen molar-refractivity contribution in [3.05, 3.63) is 18.1 Å². The van der Waals surface area contributed by atoms with Gasteiger partial charge in [-0.3, -0.25) is 4.90 Å². The van der Waals surface area contributed by atoms with Gasteiger partial charge in [0.05, 0.1) is 0 Å². The summed E-state index contributed by atoms with van der Waals surface area (Å²) in [6, 6.07) is 2.88. The number of hydrogen-bond donors (Lipinski definition) is 0. The Bertz CT molecular complexity index is 472. The molecular formula is C13H17N5S. The van der Waals surface area contributed by atoms with Gasteiger partial charge in [-0.05, 0) is 12.2 Å². The molecule has 1 aromatic heterocycles. The summed E-state index contributed by atoms with van der Waals surface area (Å²) in [6.45, 7) is 4.00. The van der Waals surface area contributed by atoms with Crippen LogP contribution in [0.4, 0.5) is 5.82 Å². The van der Waals surface area contributed by atoms with Crippen LogP contribution in [-0.2, 0) is 0 Å². The summed E-state index contributed by atoms with van der Waals surface area (Å²) in [5, 5.41) is 9.08. The van der Waals surface area contributed by atoms with Crippen molar-refractivity contribution >= 4 is 17.6 Å². The second-order valence-electron chi connectivity index (χ2n) is 4.88. The molecule has 19 heavy (non-hydrogen) atoms. The molecule has 6 heteroatoms. The first kappa shape index (κ1) is 12.7. The van der Waals surface area contributed by atoms with E-state index in [1.807, 2.05) is 0 Å². The number of hydrogen-bond acceptors (Lipinski definition) is 6. The predicted octanol–water partition coefficient (Wildman–Crippen LogP) is 0.976. The lowest BCUT2D eigenvalue weighted by atomic mass is 10.2. The molecular weight excluding hydrogens is 258 g/mol. The highest BCUT2D eigenvalue weighted by Gasteiger charge is 2.27. The molecule has 5 nitrogen and oxygen atoms in total. The van der Waals surface area contributed by atoms with E-state index in [1.54, 1.807) is 12.4 Å². The van der Waals surface area contributed by atoms with Crippen LogP contribution in [0.3, 0.4) is 0 Å². The Hall–Kier alpha value is -1.32. The van der Waals surface area contributed by atoms with Crippen LogP contribution in [0.5, 0.6) is 0 Å². The molecule has 0 N–H and O–H groups in total. The van der Waals surface area contributed by atoms with E-state index in [0.29, 0.717) is 5.69 Å². The van der Waals surface area contributed by atoms with Gasteiger partial charge in [0.1, 0.15) is 6.07 Å². The van der Waals surface area contributed by atoms with Gasteiger partial charge in [-0.1, -0.05) is 0 Å². The van der Waals surface area contributed by atoms with Crippen LogP contribution in [-0.4, -0.2) is 58.6 Å². The Kier molecular flexibility index (Phi) is 3.85. The lowest BCUT2D eigenvalue weighted by molar-refractivity contribution is 0.200. The zero-order chi connectivity index (χ0) is 13.1. The van der Waals surface area contributed by atoms with Crippen LogP contribution in [0.1, 0.15) is 12.1 Å². The summed E-state index contributed by atoms with van der Waals surface area (Å²) in [5.74, 6) is 3.31. The molecule has 1 unspecified atom stereocenters. The fourth-order valence-corrected chi connectivity index (χ4v) is 4.00. The molecule has 0 bridgehead atoms. The molecule has 0 aliphatic carbocycles. The number of nitriles is 1. The van der Waals surface area contributed by atoms with E-state index < -0.39 is 0 Å². The molecule has 2 saturated heterocycles. The third kappa shape index (κ3) is 2.67. The van der Waals surface area contributed by atoms with E-state index in [2.05, 4.69) is 37.6 Å². The van der Waals surface area contributed by atoms with Gasteiger partial charge in [0.2, 0.25) is 0 Å². The Morgan fingerprint density at radius 3 is 2.68 bits per heavy atom. The fraction of sp³-hybridized carbons (Fsp3) is 0.615. The van der Waals surface area contributed by atoms with E-state index >= 15 is 0 Å². The molecule has 0 saturated carbocycles. The highest BCUT2D eigenvalue weighted by molar-refractivity contribution is 7.99. The number of aromatic nitrogens is 2. The maximum atomic E-state index is 9.08. The average Bonchev–Trinajstić information content (AvgIpc) is 3.02. The minimum atomic E-state index is 0.437. The van der Waals surface area contributed by atoms with E-state index in [-0.39, 0.29) is 0 Å². The Labute approximate surface area is 117 Å². The number of piperazine rings is 1. The molecule has 3 rings (SSSR count). The van der Waals surface area contributed by atoms with Gasteiger partial charge in [-0.25, -0.2) is 9.97 Å². The summed E-state index contributed by atoms with van der Waals surface area (Å²) >= 11 is 2.06. The molecule has 0 spiro atoms. The molecule has 2 aliphatic heterocycles. The van der Waals surface area contributed by atoms with Crippen LogP contribution in [0.25, 0.3) is 0 Å². The minimum absolute atomic E-state index is 0.437. The van der Waals surface area contributed by atoms with Gasteiger partial charge < -0.3 is 4.90 Å². The molecule has 0 amide bonds. The van der Waals surface area contributed by atoms with E-state index in [0.717, 1.165) is 38.0 Å². The number of thioether (sulfide) groups is 1. The van der Waals surface area contributed by atoms with Crippen molar-refractivity contribution in [2.75, 3.05) is 42.6 Å². The third-order valence-electron chi connectivity index (χ3n) is 3.82. The Morgan fingerprint density at radius 2 is 2.00 bits per heavy atom. The van der Waals surface area contributed by atoms with E-state index in [1.165, 1.54) is 17.9 Å². The maximum absolute atomic E-state index is 9.08. The molecule has 0 aromatic carbocycles. The van der Waals surface area contributed by atoms with Gasteiger partial charge in [0.25, 0.3) is 0 Å². The first-order valence-corrected chi connectivity index (χ1v) is 7.82.